The van der Waals surface area contributed by atoms with Gasteiger partial charge in [0.25, 0.3) is 0 Å². The maximum atomic E-state index is 12.8. The fourth-order valence-electron chi connectivity index (χ4n) is 2.84. The molecule has 0 saturated heterocycles. The number of benzene rings is 2. The summed E-state index contributed by atoms with van der Waals surface area (Å²) in [6.07, 6.45) is 0. The van der Waals surface area contributed by atoms with Crippen molar-refractivity contribution < 1.29 is 4.79 Å². The summed E-state index contributed by atoms with van der Waals surface area (Å²) in [5.41, 5.74) is 4.40. The highest BCUT2D eigenvalue weighted by Crippen LogP contribution is 2.33. The zero-order chi connectivity index (χ0) is 16.4. The van der Waals surface area contributed by atoms with E-state index in [4.69, 9.17) is 23.2 Å². The topological polar surface area (TPSA) is 53.5 Å². The van der Waals surface area contributed by atoms with Crippen molar-refractivity contribution in [2.75, 3.05) is 13.6 Å². The molecule has 1 atom stereocenters. The number of likely N-dealkylation sites (N-methyl/N-ethyl adjacent to an activating group) is 1. The summed E-state index contributed by atoms with van der Waals surface area (Å²) in [7, 11) is 1.62. The van der Waals surface area contributed by atoms with E-state index in [1.54, 1.807) is 31.3 Å². The largest absolute Gasteiger partial charge is 0.358 e. The number of rotatable bonds is 3. The Balaban J connectivity index is 2.15. The lowest BCUT2D eigenvalue weighted by Gasteiger charge is -2.28. The van der Waals surface area contributed by atoms with Crippen molar-refractivity contribution in [1.82, 2.24) is 10.7 Å². The third kappa shape index (κ3) is 2.69. The average Bonchev–Trinajstić information content (AvgIpc) is 3.01. The van der Waals surface area contributed by atoms with Gasteiger partial charge in [-0.2, -0.15) is 5.10 Å². The molecule has 0 aliphatic carbocycles. The Hall–Kier alpha value is -2.04. The van der Waals surface area contributed by atoms with Crippen LogP contribution in [0.5, 0.6) is 0 Å². The molecule has 1 amide bonds. The Labute approximate surface area is 144 Å². The number of carbonyl (C=O) groups excluding carboxylic acids is 1. The van der Waals surface area contributed by atoms with Crippen LogP contribution in [0.1, 0.15) is 11.1 Å². The monoisotopic (exact) mass is 347 g/mol. The molecule has 23 heavy (non-hydrogen) atoms. The van der Waals surface area contributed by atoms with Crippen molar-refractivity contribution in [3.63, 3.8) is 0 Å². The second-order valence-electron chi connectivity index (χ2n) is 5.29. The number of carbonyl (C=O) groups is 1. The lowest BCUT2D eigenvalue weighted by Crippen LogP contribution is -2.51. The summed E-state index contributed by atoms with van der Waals surface area (Å²) in [5, 5.41) is 8.40. The molecule has 0 bridgehead atoms. The first-order chi connectivity index (χ1) is 11.1. The van der Waals surface area contributed by atoms with Gasteiger partial charge in [-0.3, -0.25) is 4.79 Å². The molecule has 3 rings (SSSR count). The summed E-state index contributed by atoms with van der Waals surface area (Å²) in [6.45, 7) is 0.381. The molecular formula is C17H15Cl2N3O. The van der Waals surface area contributed by atoms with E-state index in [1.165, 1.54) is 0 Å². The highest BCUT2D eigenvalue weighted by Gasteiger charge is 2.48. The van der Waals surface area contributed by atoms with Gasteiger partial charge >= 0.3 is 0 Å². The van der Waals surface area contributed by atoms with Crippen LogP contribution in [-0.2, 0) is 10.2 Å². The van der Waals surface area contributed by atoms with Crippen LogP contribution in [0.25, 0.3) is 0 Å². The molecule has 1 heterocycles. The molecule has 6 heteroatoms. The highest BCUT2D eigenvalue weighted by molar-refractivity contribution is 6.31. The predicted molar refractivity (Wildman–Crippen MR) is 93.2 cm³/mol. The van der Waals surface area contributed by atoms with Gasteiger partial charge < -0.3 is 10.7 Å². The minimum Gasteiger partial charge on any atom is -0.358 e. The second-order valence-corrected chi connectivity index (χ2v) is 6.17. The zero-order valence-electron chi connectivity index (χ0n) is 12.4. The minimum absolute atomic E-state index is 0.126. The fourth-order valence-corrected chi connectivity index (χ4v) is 3.09. The third-order valence-corrected chi connectivity index (χ3v) is 4.51. The predicted octanol–water partition coefficient (Wildman–Crippen LogP) is 2.98. The van der Waals surface area contributed by atoms with E-state index in [9.17, 15) is 4.79 Å². The van der Waals surface area contributed by atoms with E-state index in [0.717, 1.165) is 11.1 Å². The molecule has 2 N–H and O–H groups in total. The Morgan fingerprint density at radius 1 is 1.09 bits per heavy atom. The number of hydrogen-bond acceptors (Lipinski definition) is 3. The number of hydrazone groups is 1. The van der Waals surface area contributed by atoms with Gasteiger partial charge in [0.2, 0.25) is 5.91 Å². The third-order valence-electron chi connectivity index (χ3n) is 4.01. The number of nitrogens with zero attached hydrogens (tertiary/aromatic N) is 1. The van der Waals surface area contributed by atoms with Gasteiger partial charge in [0.1, 0.15) is 5.41 Å². The number of amides is 1. The van der Waals surface area contributed by atoms with E-state index >= 15 is 0 Å². The van der Waals surface area contributed by atoms with Gasteiger partial charge in [-0.25, -0.2) is 0 Å². The molecule has 0 saturated carbocycles. The highest BCUT2D eigenvalue weighted by atomic mass is 35.5. The summed E-state index contributed by atoms with van der Waals surface area (Å²) in [4.78, 5) is 12.8. The molecule has 0 aromatic heterocycles. The Morgan fingerprint density at radius 2 is 1.65 bits per heavy atom. The van der Waals surface area contributed by atoms with E-state index in [-0.39, 0.29) is 5.91 Å². The molecule has 1 aliphatic heterocycles. The van der Waals surface area contributed by atoms with Crippen molar-refractivity contribution in [1.29, 1.82) is 0 Å². The van der Waals surface area contributed by atoms with E-state index in [2.05, 4.69) is 15.8 Å². The summed E-state index contributed by atoms with van der Waals surface area (Å²) in [6, 6.07) is 14.6. The first kappa shape index (κ1) is 15.8. The summed E-state index contributed by atoms with van der Waals surface area (Å²) >= 11 is 12.0. The van der Waals surface area contributed by atoms with Crippen LogP contribution in [0.3, 0.4) is 0 Å². The minimum atomic E-state index is -0.910. The fraction of sp³-hybridized carbons (Fsp3) is 0.176. The first-order valence-electron chi connectivity index (χ1n) is 7.13. The molecule has 4 nitrogen and oxygen atoms in total. The molecule has 0 radical (unpaired) electrons. The average molecular weight is 348 g/mol. The van der Waals surface area contributed by atoms with Gasteiger partial charge in [0, 0.05) is 17.1 Å². The van der Waals surface area contributed by atoms with Gasteiger partial charge in [0.05, 0.1) is 12.3 Å². The molecule has 2 aromatic rings. The van der Waals surface area contributed by atoms with Crippen molar-refractivity contribution >= 4 is 34.8 Å². The summed E-state index contributed by atoms with van der Waals surface area (Å²) < 4.78 is 0. The van der Waals surface area contributed by atoms with E-state index < -0.39 is 5.41 Å². The molecule has 0 fully saturated rings. The lowest BCUT2D eigenvalue weighted by atomic mass is 9.73. The van der Waals surface area contributed by atoms with Crippen molar-refractivity contribution in [3.05, 3.63) is 69.7 Å². The van der Waals surface area contributed by atoms with Crippen LogP contribution in [-0.4, -0.2) is 25.2 Å². The molecule has 1 aliphatic rings. The quantitative estimate of drug-likeness (QED) is 0.896. The molecule has 1 unspecified atom stereocenters. The van der Waals surface area contributed by atoms with E-state index in [0.29, 0.717) is 22.3 Å². The molecular weight excluding hydrogens is 333 g/mol. The molecule has 118 valence electrons. The first-order valence-corrected chi connectivity index (χ1v) is 7.89. The number of nitrogens with one attached hydrogen (secondary N) is 2. The molecule has 0 spiro atoms. The maximum Gasteiger partial charge on any atom is 0.238 e. The van der Waals surface area contributed by atoms with Crippen molar-refractivity contribution in [2.24, 2.45) is 5.10 Å². The van der Waals surface area contributed by atoms with Gasteiger partial charge in [-0.1, -0.05) is 47.5 Å². The lowest BCUT2D eigenvalue weighted by molar-refractivity contribution is -0.123. The van der Waals surface area contributed by atoms with Crippen LogP contribution in [0.4, 0.5) is 0 Å². The zero-order valence-corrected chi connectivity index (χ0v) is 13.9. The standard InChI is InChI=1S/C17H15Cl2N3O/c1-20-16(23)17(12-4-8-14(19)9-5-12)10-21-22-15(17)11-2-6-13(18)7-3-11/h2-9,21H,10H2,1H3,(H,20,23). The van der Waals surface area contributed by atoms with Gasteiger partial charge in [0.15, 0.2) is 0 Å². The maximum absolute atomic E-state index is 12.8. The van der Waals surface area contributed by atoms with Gasteiger partial charge in [-0.05, 0) is 35.4 Å². The van der Waals surface area contributed by atoms with Crippen molar-refractivity contribution in [3.8, 4) is 0 Å². The van der Waals surface area contributed by atoms with Crippen LogP contribution < -0.4 is 10.7 Å². The van der Waals surface area contributed by atoms with Crippen LogP contribution in [0.15, 0.2) is 53.6 Å². The normalized spacial score (nSPS) is 19.9. The second kappa shape index (κ2) is 6.22. The van der Waals surface area contributed by atoms with Gasteiger partial charge in [-0.15, -0.1) is 0 Å². The Kier molecular flexibility index (Phi) is 4.28. The SMILES string of the molecule is CNC(=O)C1(c2ccc(Cl)cc2)CNN=C1c1ccc(Cl)cc1. The van der Waals surface area contributed by atoms with Crippen LogP contribution in [0, 0.1) is 0 Å². The number of hydrogen-bond donors (Lipinski definition) is 2. The van der Waals surface area contributed by atoms with Crippen LogP contribution >= 0.6 is 23.2 Å². The Morgan fingerprint density at radius 3 is 2.22 bits per heavy atom. The smallest absolute Gasteiger partial charge is 0.238 e. The Bertz CT molecular complexity index is 756. The van der Waals surface area contributed by atoms with Crippen molar-refractivity contribution in [2.45, 2.75) is 5.41 Å². The summed E-state index contributed by atoms with van der Waals surface area (Å²) in [5.74, 6) is -0.126. The molecule has 2 aromatic carbocycles. The van der Waals surface area contributed by atoms with Crippen LogP contribution in [0.2, 0.25) is 10.0 Å². The van der Waals surface area contributed by atoms with E-state index in [1.807, 2.05) is 24.3 Å². The number of halogens is 2.